The number of thiol groups is 1. The minimum atomic E-state index is -0.402. The second-order valence-corrected chi connectivity index (χ2v) is 7.14. The van der Waals surface area contributed by atoms with Gasteiger partial charge in [-0.3, -0.25) is 0 Å². The molecular weight excluding hydrogens is 242 g/mol. The molecule has 0 atom stereocenters. The molecular formula is C15H29NOS. The number of aliphatic hydroxyl groups is 1. The molecule has 0 spiro atoms. The third-order valence-electron chi connectivity index (χ3n) is 4.95. The topological polar surface area (TPSA) is 23.5 Å². The van der Waals surface area contributed by atoms with Crippen molar-refractivity contribution in [1.82, 2.24) is 4.90 Å². The smallest absolute Gasteiger partial charge is 0.0774 e. The van der Waals surface area contributed by atoms with Crippen molar-refractivity contribution in [3.8, 4) is 0 Å². The lowest BCUT2D eigenvalue weighted by molar-refractivity contribution is 0.00370. The Morgan fingerprint density at radius 3 is 2.06 bits per heavy atom. The molecule has 0 aromatic heterocycles. The van der Waals surface area contributed by atoms with Crippen LogP contribution in [0, 0.1) is 5.41 Å². The van der Waals surface area contributed by atoms with Gasteiger partial charge in [0.2, 0.25) is 0 Å². The highest BCUT2D eigenvalue weighted by Crippen LogP contribution is 2.38. The quantitative estimate of drug-likeness (QED) is 0.751. The average Bonchev–Trinajstić information content (AvgIpc) is 2.76. The third kappa shape index (κ3) is 3.64. The lowest BCUT2D eigenvalue weighted by atomic mass is 9.75. The largest absolute Gasteiger partial charge is 0.389 e. The second kappa shape index (κ2) is 6.15. The van der Waals surface area contributed by atoms with E-state index >= 15 is 0 Å². The number of hydrogen-bond donors (Lipinski definition) is 2. The second-order valence-electron chi connectivity index (χ2n) is 6.82. The van der Waals surface area contributed by atoms with E-state index in [1.54, 1.807) is 0 Å². The van der Waals surface area contributed by atoms with Gasteiger partial charge >= 0.3 is 0 Å². The van der Waals surface area contributed by atoms with Crippen molar-refractivity contribution in [3.05, 3.63) is 0 Å². The van der Waals surface area contributed by atoms with E-state index in [0.717, 1.165) is 31.7 Å². The van der Waals surface area contributed by atoms with Crippen molar-refractivity contribution in [1.29, 1.82) is 0 Å². The van der Waals surface area contributed by atoms with Crippen LogP contribution in [0.2, 0.25) is 0 Å². The summed E-state index contributed by atoms with van der Waals surface area (Å²) in [5.74, 6) is 0.996. The maximum Gasteiger partial charge on any atom is 0.0774 e. The van der Waals surface area contributed by atoms with Gasteiger partial charge in [0.1, 0.15) is 0 Å². The Hall–Kier alpha value is 0.270. The summed E-state index contributed by atoms with van der Waals surface area (Å²) < 4.78 is 0. The van der Waals surface area contributed by atoms with E-state index in [2.05, 4.69) is 24.6 Å². The standard InChI is InChI=1S/C15H29NOS/c1-16(12-15(17)9-5-6-10-15)11-14(13-18)7-3-2-4-8-14/h17-18H,2-13H2,1H3. The molecule has 0 amide bonds. The van der Waals surface area contributed by atoms with Crippen molar-refractivity contribution in [2.45, 2.75) is 63.4 Å². The van der Waals surface area contributed by atoms with E-state index in [1.807, 2.05) is 0 Å². The summed E-state index contributed by atoms with van der Waals surface area (Å²) >= 11 is 4.60. The Morgan fingerprint density at radius 1 is 0.944 bits per heavy atom. The molecule has 0 heterocycles. The zero-order valence-electron chi connectivity index (χ0n) is 11.8. The lowest BCUT2D eigenvalue weighted by Crippen LogP contribution is -2.45. The highest BCUT2D eigenvalue weighted by molar-refractivity contribution is 7.80. The monoisotopic (exact) mass is 271 g/mol. The molecule has 0 aromatic carbocycles. The van der Waals surface area contributed by atoms with Gasteiger partial charge < -0.3 is 10.0 Å². The van der Waals surface area contributed by atoms with Crippen LogP contribution in [-0.4, -0.2) is 41.5 Å². The van der Waals surface area contributed by atoms with E-state index in [0.29, 0.717) is 5.41 Å². The summed E-state index contributed by atoms with van der Waals surface area (Å²) in [5.41, 5.74) is 0.00623. The van der Waals surface area contributed by atoms with Gasteiger partial charge in [-0.1, -0.05) is 32.1 Å². The van der Waals surface area contributed by atoms with Gasteiger partial charge in [0.05, 0.1) is 5.60 Å². The highest BCUT2D eigenvalue weighted by Gasteiger charge is 2.36. The van der Waals surface area contributed by atoms with E-state index in [1.165, 1.54) is 44.9 Å². The molecule has 18 heavy (non-hydrogen) atoms. The fourth-order valence-corrected chi connectivity index (χ4v) is 4.41. The van der Waals surface area contributed by atoms with Crippen molar-refractivity contribution < 1.29 is 5.11 Å². The molecule has 2 rings (SSSR count). The lowest BCUT2D eigenvalue weighted by Gasteiger charge is -2.41. The van der Waals surface area contributed by atoms with Gasteiger partial charge in [-0.15, -0.1) is 0 Å². The van der Waals surface area contributed by atoms with Gasteiger partial charge in [-0.25, -0.2) is 0 Å². The summed E-state index contributed by atoms with van der Waals surface area (Å²) in [5, 5.41) is 10.5. The molecule has 0 unspecified atom stereocenters. The van der Waals surface area contributed by atoms with Crippen LogP contribution in [0.25, 0.3) is 0 Å². The Kier molecular flexibility index (Phi) is 5.01. The fourth-order valence-electron chi connectivity index (χ4n) is 3.99. The van der Waals surface area contributed by atoms with E-state index < -0.39 is 5.60 Å². The SMILES string of the molecule is CN(CC1(O)CCCC1)CC1(CS)CCCCC1. The number of hydrogen-bond acceptors (Lipinski definition) is 3. The van der Waals surface area contributed by atoms with Crippen LogP contribution in [0.4, 0.5) is 0 Å². The molecule has 2 nitrogen and oxygen atoms in total. The third-order valence-corrected chi connectivity index (χ3v) is 5.62. The van der Waals surface area contributed by atoms with Gasteiger partial charge in [-0.2, -0.15) is 12.6 Å². The van der Waals surface area contributed by atoms with Gasteiger partial charge in [0.25, 0.3) is 0 Å². The molecule has 0 bridgehead atoms. The minimum absolute atomic E-state index is 0.402. The van der Waals surface area contributed by atoms with Crippen LogP contribution >= 0.6 is 12.6 Å². The molecule has 106 valence electrons. The van der Waals surface area contributed by atoms with E-state index in [4.69, 9.17) is 0 Å². The van der Waals surface area contributed by atoms with Crippen molar-refractivity contribution in [2.24, 2.45) is 5.41 Å². The maximum absolute atomic E-state index is 10.5. The first-order chi connectivity index (χ1) is 8.58. The molecule has 2 saturated carbocycles. The number of rotatable bonds is 5. The van der Waals surface area contributed by atoms with Crippen LogP contribution in [0.5, 0.6) is 0 Å². The number of likely N-dealkylation sites (N-methyl/N-ethyl adjacent to an activating group) is 1. The van der Waals surface area contributed by atoms with E-state index in [9.17, 15) is 5.11 Å². The van der Waals surface area contributed by atoms with Gasteiger partial charge in [-0.05, 0) is 43.9 Å². The Labute approximate surface area is 118 Å². The van der Waals surface area contributed by atoms with Gasteiger partial charge in [0, 0.05) is 13.1 Å². The first-order valence-electron chi connectivity index (χ1n) is 7.59. The zero-order valence-corrected chi connectivity index (χ0v) is 12.7. The maximum atomic E-state index is 10.5. The molecule has 0 saturated heterocycles. The molecule has 2 aliphatic carbocycles. The molecule has 3 heteroatoms. The summed E-state index contributed by atoms with van der Waals surface area (Å²) in [7, 11) is 2.18. The van der Waals surface area contributed by atoms with Gasteiger partial charge in [0.15, 0.2) is 0 Å². The minimum Gasteiger partial charge on any atom is -0.389 e. The van der Waals surface area contributed by atoms with Crippen LogP contribution < -0.4 is 0 Å². The summed E-state index contributed by atoms with van der Waals surface area (Å²) in [6, 6.07) is 0. The van der Waals surface area contributed by atoms with Crippen molar-refractivity contribution in [2.75, 3.05) is 25.9 Å². The molecule has 1 N–H and O–H groups in total. The Balaban J connectivity index is 1.86. The molecule has 2 aliphatic rings. The molecule has 0 aromatic rings. The molecule has 2 fully saturated rings. The predicted octanol–water partition coefficient (Wildman–Crippen LogP) is 3.10. The fraction of sp³-hybridized carbons (Fsp3) is 1.00. The molecule has 0 radical (unpaired) electrons. The van der Waals surface area contributed by atoms with E-state index in [-0.39, 0.29) is 0 Å². The first-order valence-corrected chi connectivity index (χ1v) is 8.23. The summed E-state index contributed by atoms with van der Waals surface area (Å²) in [4.78, 5) is 2.37. The summed E-state index contributed by atoms with van der Waals surface area (Å²) in [6.07, 6.45) is 11.1. The number of nitrogens with zero attached hydrogens (tertiary/aromatic N) is 1. The van der Waals surface area contributed by atoms with Crippen LogP contribution in [-0.2, 0) is 0 Å². The average molecular weight is 271 g/mol. The van der Waals surface area contributed by atoms with Crippen LogP contribution in [0.3, 0.4) is 0 Å². The van der Waals surface area contributed by atoms with Crippen LogP contribution in [0.15, 0.2) is 0 Å². The Bertz CT molecular complexity index is 257. The predicted molar refractivity (Wildman–Crippen MR) is 80.3 cm³/mol. The van der Waals surface area contributed by atoms with Crippen molar-refractivity contribution >= 4 is 12.6 Å². The van der Waals surface area contributed by atoms with Crippen molar-refractivity contribution in [3.63, 3.8) is 0 Å². The first kappa shape index (κ1) is 14.7. The highest BCUT2D eigenvalue weighted by atomic mass is 32.1. The Morgan fingerprint density at radius 2 is 1.50 bits per heavy atom. The normalized spacial score (nSPS) is 26.7. The van der Waals surface area contributed by atoms with Crippen LogP contribution in [0.1, 0.15) is 57.8 Å². The molecule has 0 aliphatic heterocycles. The summed E-state index contributed by atoms with van der Waals surface area (Å²) in [6.45, 7) is 1.96. The zero-order chi connectivity index (χ0) is 13.1.